The Labute approximate surface area is 210 Å². The molecule has 0 aliphatic carbocycles. The van der Waals surface area contributed by atoms with Crippen molar-refractivity contribution in [3.05, 3.63) is 81.0 Å². The number of carbonyl (C=O) groups excluding carboxylic acids is 4. The molecular weight excluding hydrogens is 516 g/mol. The summed E-state index contributed by atoms with van der Waals surface area (Å²) in [5.41, 5.74) is 2.54. The van der Waals surface area contributed by atoms with Crippen LogP contribution < -0.4 is 0 Å². The number of benzene rings is 2. The van der Waals surface area contributed by atoms with Crippen LogP contribution in [0.15, 0.2) is 69.3 Å². The summed E-state index contributed by atoms with van der Waals surface area (Å²) in [6, 6.07) is 13.9. The van der Waals surface area contributed by atoms with E-state index in [2.05, 4.69) is 20.9 Å². The van der Waals surface area contributed by atoms with Crippen LogP contribution in [0.3, 0.4) is 0 Å². The van der Waals surface area contributed by atoms with Crippen LogP contribution in [0.5, 0.6) is 0 Å². The van der Waals surface area contributed by atoms with E-state index in [1.165, 1.54) is 7.11 Å². The van der Waals surface area contributed by atoms with E-state index in [9.17, 15) is 19.2 Å². The molecular formula is C26H23BrN2O6. The van der Waals surface area contributed by atoms with E-state index in [4.69, 9.17) is 9.47 Å². The molecule has 35 heavy (non-hydrogen) atoms. The molecule has 2 atom stereocenters. The van der Waals surface area contributed by atoms with Crippen LogP contribution in [-0.4, -0.2) is 54.6 Å². The summed E-state index contributed by atoms with van der Waals surface area (Å²) >= 11 is 3.52. The molecule has 180 valence electrons. The Morgan fingerprint density at radius 1 is 1.00 bits per heavy atom. The van der Waals surface area contributed by atoms with Crippen LogP contribution in [-0.2, 0) is 19.1 Å². The smallest absolute Gasteiger partial charge is 0.336 e. The first kappa shape index (κ1) is 24.5. The number of rotatable bonds is 6. The summed E-state index contributed by atoms with van der Waals surface area (Å²) in [6.45, 7) is 3.11. The molecule has 0 radical (unpaired) electrons. The lowest BCUT2D eigenvalue weighted by Crippen LogP contribution is -2.37. The van der Waals surface area contributed by atoms with Gasteiger partial charge in [-0.25, -0.2) is 4.79 Å². The number of halogens is 1. The van der Waals surface area contributed by atoms with Gasteiger partial charge >= 0.3 is 11.9 Å². The lowest BCUT2D eigenvalue weighted by atomic mass is 9.75. The number of allylic oxidation sites excluding steroid dienone is 1. The van der Waals surface area contributed by atoms with E-state index >= 15 is 0 Å². The monoisotopic (exact) mass is 538 g/mol. The average Bonchev–Trinajstić information content (AvgIpc) is 3.08. The van der Waals surface area contributed by atoms with E-state index in [0.717, 1.165) is 9.37 Å². The van der Waals surface area contributed by atoms with Crippen molar-refractivity contribution >= 4 is 45.4 Å². The predicted molar refractivity (Wildman–Crippen MR) is 131 cm³/mol. The summed E-state index contributed by atoms with van der Waals surface area (Å²) in [4.78, 5) is 56.7. The normalized spacial score (nSPS) is 19.4. The largest absolute Gasteiger partial charge is 0.468 e. The Bertz CT molecular complexity index is 1260. The highest BCUT2D eigenvalue weighted by molar-refractivity contribution is 9.10. The van der Waals surface area contributed by atoms with Gasteiger partial charge < -0.3 is 9.47 Å². The number of fused-ring (bicyclic) bond motifs is 1. The van der Waals surface area contributed by atoms with Crippen molar-refractivity contribution < 1.29 is 28.7 Å². The van der Waals surface area contributed by atoms with Gasteiger partial charge in [0.1, 0.15) is 12.5 Å². The van der Waals surface area contributed by atoms with E-state index in [-0.39, 0.29) is 18.7 Å². The van der Waals surface area contributed by atoms with Gasteiger partial charge in [-0.05, 0) is 37.6 Å². The van der Waals surface area contributed by atoms with Gasteiger partial charge in [-0.3, -0.25) is 24.3 Å². The van der Waals surface area contributed by atoms with Crippen LogP contribution in [0.1, 0.15) is 46.0 Å². The lowest BCUT2D eigenvalue weighted by Gasteiger charge is -2.32. The van der Waals surface area contributed by atoms with Gasteiger partial charge in [-0.15, -0.1) is 0 Å². The summed E-state index contributed by atoms with van der Waals surface area (Å²) in [6.07, 6.45) is 0. The van der Waals surface area contributed by atoms with E-state index in [1.54, 1.807) is 38.1 Å². The number of methoxy groups -OCH3 is 1. The highest BCUT2D eigenvalue weighted by Crippen LogP contribution is 2.42. The van der Waals surface area contributed by atoms with Crippen molar-refractivity contribution in [1.82, 2.24) is 4.90 Å². The first-order valence-corrected chi connectivity index (χ1v) is 11.8. The number of aliphatic imine (C=N–C) groups is 1. The molecule has 0 N–H and O–H groups in total. The number of amides is 2. The zero-order valence-corrected chi connectivity index (χ0v) is 21.0. The molecule has 0 bridgehead atoms. The highest BCUT2D eigenvalue weighted by Gasteiger charge is 2.43. The number of imide groups is 1. The van der Waals surface area contributed by atoms with E-state index < -0.39 is 35.6 Å². The maximum Gasteiger partial charge on any atom is 0.336 e. The fraction of sp³-hybridized carbons (Fsp3) is 0.269. The first-order valence-electron chi connectivity index (χ1n) is 11.0. The summed E-state index contributed by atoms with van der Waals surface area (Å²) < 4.78 is 11.3. The fourth-order valence-electron chi connectivity index (χ4n) is 4.55. The molecule has 2 heterocycles. The Hall–Kier alpha value is -3.59. The van der Waals surface area contributed by atoms with Crippen LogP contribution in [0.25, 0.3) is 0 Å². The fourth-order valence-corrected chi connectivity index (χ4v) is 5.08. The number of hydrogen-bond acceptors (Lipinski definition) is 7. The Kier molecular flexibility index (Phi) is 6.98. The Morgan fingerprint density at radius 2 is 1.60 bits per heavy atom. The highest BCUT2D eigenvalue weighted by atomic mass is 79.9. The predicted octanol–water partition coefficient (Wildman–Crippen LogP) is 3.91. The molecule has 2 aliphatic rings. The van der Waals surface area contributed by atoms with Crippen molar-refractivity contribution in [1.29, 1.82) is 0 Å². The number of hydrogen-bond donors (Lipinski definition) is 0. The summed E-state index contributed by atoms with van der Waals surface area (Å²) in [5.74, 6) is -3.55. The molecule has 0 aromatic heterocycles. The zero-order chi connectivity index (χ0) is 25.3. The third-order valence-electron chi connectivity index (χ3n) is 6.17. The van der Waals surface area contributed by atoms with Gasteiger partial charge in [0.25, 0.3) is 11.8 Å². The molecule has 2 aromatic carbocycles. The van der Waals surface area contributed by atoms with Gasteiger partial charge in [0.2, 0.25) is 0 Å². The summed E-state index contributed by atoms with van der Waals surface area (Å²) in [7, 11) is 1.29. The third-order valence-corrected chi connectivity index (χ3v) is 6.89. The molecule has 0 fully saturated rings. The van der Waals surface area contributed by atoms with Crippen LogP contribution in [0.4, 0.5) is 0 Å². The number of ether oxygens (including phenoxy) is 2. The van der Waals surface area contributed by atoms with Gasteiger partial charge in [-0.1, -0.05) is 46.3 Å². The van der Waals surface area contributed by atoms with E-state index in [0.29, 0.717) is 28.1 Å². The van der Waals surface area contributed by atoms with E-state index in [1.807, 2.05) is 24.3 Å². The van der Waals surface area contributed by atoms with Crippen molar-refractivity contribution in [2.75, 3.05) is 20.3 Å². The van der Waals surface area contributed by atoms with Crippen molar-refractivity contribution in [3.63, 3.8) is 0 Å². The molecule has 2 amide bonds. The minimum Gasteiger partial charge on any atom is -0.468 e. The molecule has 2 unspecified atom stereocenters. The van der Waals surface area contributed by atoms with Crippen molar-refractivity contribution in [3.8, 4) is 0 Å². The molecule has 9 heteroatoms. The van der Waals surface area contributed by atoms with Crippen LogP contribution in [0, 0.1) is 5.92 Å². The molecule has 0 spiro atoms. The van der Waals surface area contributed by atoms with Gasteiger partial charge in [0, 0.05) is 21.8 Å². The minimum absolute atomic E-state index is 0.0904. The summed E-state index contributed by atoms with van der Waals surface area (Å²) in [5, 5.41) is 0. The van der Waals surface area contributed by atoms with Gasteiger partial charge in [0.05, 0.1) is 30.4 Å². The maximum absolute atomic E-state index is 13.3. The van der Waals surface area contributed by atoms with Crippen LogP contribution >= 0.6 is 15.9 Å². The Balaban J connectivity index is 1.58. The molecule has 0 saturated carbocycles. The molecule has 8 nitrogen and oxygen atoms in total. The second-order valence-electron chi connectivity index (χ2n) is 8.20. The SMILES string of the molecule is COC(=O)C1C(C)=NC(C)=C(C(=O)OCCN2C(=O)c3ccccc3C2=O)C1c1ccccc1Br. The van der Waals surface area contributed by atoms with Crippen LogP contribution in [0.2, 0.25) is 0 Å². The first-order chi connectivity index (χ1) is 16.8. The van der Waals surface area contributed by atoms with Crippen molar-refractivity contribution in [2.45, 2.75) is 19.8 Å². The number of nitrogens with zero attached hydrogens (tertiary/aromatic N) is 2. The third kappa shape index (κ3) is 4.43. The topological polar surface area (TPSA) is 102 Å². The maximum atomic E-state index is 13.3. The number of esters is 2. The lowest BCUT2D eigenvalue weighted by molar-refractivity contribution is -0.144. The average molecular weight is 539 g/mol. The standard InChI is InChI=1S/C26H23BrN2O6/c1-14-20(25(32)34-3)22(18-10-6-7-11-19(18)27)21(15(2)28-14)26(33)35-13-12-29-23(30)16-8-4-5-9-17(16)24(29)31/h4-11,20,22H,12-13H2,1-3H3. The number of carbonyl (C=O) groups is 4. The molecule has 2 aliphatic heterocycles. The molecule has 2 aromatic rings. The Morgan fingerprint density at radius 3 is 2.20 bits per heavy atom. The second kappa shape index (κ2) is 9.95. The molecule has 0 saturated heterocycles. The van der Waals surface area contributed by atoms with Gasteiger partial charge in [-0.2, -0.15) is 0 Å². The second-order valence-corrected chi connectivity index (χ2v) is 9.05. The zero-order valence-electron chi connectivity index (χ0n) is 19.4. The molecule has 4 rings (SSSR count). The van der Waals surface area contributed by atoms with Gasteiger partial charge in [0.15, 0.2) is 0 Å². The minimum atomic E-state index is -0.818. The van der Waals surface area contributed by atoms with Crippen molar-refractivity contribution in [2.24, 2.45) is 10.9 Å². The quantitative estimate of drug-likeness (QED) is 0.408.